The van der Waals surface area contributed by atoms with Crippen LogP contribution in [0.1, 0.15) is 32.4 Å². The zero-order valence-corrected chi connectivity index (χ0v) is 14.1. The van der Waals surface area contributed by atoms with E-state index in [4.69, 9.17) is 4.74 Å². The summed E-state index contributed by atoms with van der Waals surface area (Å²) in [5, 5.41) is 23.6. The van der Waals surface area contributed by atoms with E-state index in [9.17, 15) is 10.2 Å². The molecule has 4 rings (SSSR count). The van der Waals surface area contributed by atoms with Crippen LogP contribution in [-0.4, -0.2) is 54.1 Å². The van der Waals surface area contributed by atoms with Crippen LogP contribution in [0.3, 0.4) is 0 Å². The highest BCUT2D eigenvalue weighted by molar-refractivity contribution is 5.82. The molecule has 0 spiro atoms. The van der Waals surface area contributed by atoms with Crippen LogP contribution in [0.2, 0.25) is 0 Å². The summed E-state index contributed by atoms with van der Waals surface area (Å²) in [4.78, 5) is 13.1. The Labute approximate surface area is 145 Å². The Kier molecular flexibility index (Phi) is 4.18. The largest absolute Gasteiger partial charge is 0.388 e. The van der Waals surface area contributed by atoms with E-state index in [0.29, 0.717) is 22.9 Å². The highest BCUT2D eigenvalue weighted by Crippen LogP contribution is 2.33. The van der Waals surface area contributed by atoms with Crippen molar-refractivity contribution >= 4 is 17.0 Å². The first kappa shape index (κ1) is 16.4. The highest BCUT2D eigenvalue weighted by atomic mass is 16.6. The van der Waals surface area contributed by atoms with Gasteiger partial charge in [0, 0.05) is 6.04 Å². The van der Waals surface area contributed by atoms with Crippen LogP contribution in [-0.2, 0) is 4.74 Å². The molecule has 0 amide bonds. The summed E-state index contributed by atoms with van der Waals surface area (Å²) >= 11 is 0. The summed E-state index contributed by atoms with van der Waals surface area (Å²) in [6, 6.07) is 0.288. The maximum atomic E-state index is 10.2. The van der Waals surface area contributed by atoms with E-state index < -0.39 is 24.5 Å². The Balaban J connectivity index is 1.66. The van der Waals surface area contributed by atoms with Crippen molar-refractivity contribution in [3.63, 3.8) is 0 Å². The van der Waals surface area contributed by atoms with E-state index in [0.717, 1.165) is 19.3 Å². The zero-order chi connectivity index (χ0) is 17.6. The third-order valence-corrected chi connectivity index (χ3v) is 5.30. The number of nitrogens with one attached hydrogen (secondary N) is 1. The molecule has 3 heterocycles. The predicted molar refractivity (Wildman–Crippen MR) is 91.9 cm³/mol. The van der Waals surface area contributed by atoms with Gasteiger partial charge in [0.15, 0.2) is 23.2 Å². The summed E-state index contributed by atoms with van der Waals surface area (Å²) in [7, 11) is 0. The lowest BCUT2D eigenvalue weighted by atomic mass is 10.0. The zero-order valence-electron chi connectivity index (χ0n) is 14.1. The molecule has 25 heavy (non-hydrogen) atoms. The van der Waals surface area contributed by atoms with Crippen LogP contribution in [0.25, 0.3) is 11.2 Å². The number of aliphatic hydroxyl groups excluding tert-OH is 2. The lowest BCUT2D eigenvalue weighted by Gasteiger charge is -2.19. The Morgan fingerprint density at radius 2 is 2.12 bits per heavy atom. The molecule has 0 radical (unpaired) electrons. The molecule has 1 aliphatic heterocycles. The number of anilines is 1. The average Bonchev–Trinajstić information content (AvgIpc) is 3.30. The first-order chi connectivity index (χ1) is 12.1. The van der Waals surface area contributed by atoms with E-state index in [2.05, 4.69) is 26.8 Å². The van der Waals surface area contributed by atoms with Crippen molar-refractivity contribution < 1.29 is 14.9 Å². The molecular weight excluding hydrogens is 322 g/mol. The minimum absolute atomic E-state index is 0.288. The standard InChI is InChI=1S/C17H23N5O3/c1-3-10-5-4-6-11(10)21-15-12-16(19-7-18-15)22(8-20-12)17-14(24)13(23)9(2)25-17/h3,7-11,13-14,17,23-24H,1,4-6H2,2H3,(H,18,19,21)/t9-,10?,11?,13-,14-,17-/m1/s1. The second-order valence-electron chi connectivity index (χ2n) is 6.84. The van der Waals surface area contributed by atoms with Crippen molar-refractivity contribution in [2.24, 2.45) is 5.92 Å². The second kappa shape index (κ2) is 6.36. The van der Waals surface area contributed by atoms with Gasteiger partial charge in [-0.05, 0) is 25.7 Å². The molecule has 2 aliphatic rings. The van der Waals surface area contributed by atoms with Crippen LogP contribution in [0.15, 0.2) is 25.3 Å². The van der Waals surface area contributed by atoms with E-state index >= 15 is 0 Å². The van der Waals surface area contributed by atoms with Crippen LogP contribution in [0.5, 0.6) is 0 Å². The summed E-state index contributed by atoms with van der Waals surface area (Å²) in [6.07, 6.45) is 5.26. The van der Waals surface area contributed by atoms with Gasteiger partial charge in [-0.15, -0.1) is 6.58 Å². The van der Waals surface area contributed by atoms with Crippen molar-refractivity contribution in [2.75, 3.05) is 5.32 Å². The van der Waals surface area contributed by atoms with Gasteiger partial charge in [0.2, 0.25) is 0 Å². The Hall–Kier alpha value is -2.03. The summed E-state index contributed by atoms with van der Waals surface area (Å²) < 4.78 is 7.33. The summed E-state index contributed by atoms with van der Waals surface area (Å²) in [6.45, 7) is 5.64. The molecule has 2 fully saturated rings. The average molecular weight is 345 g/mol. The number of ether oxygens (including phenoxy) is 1. The maximum Gasteiger partial charge on any atom is 0.167 e. The van der Waals surface area contributed by atoms with E-state index in [1.165, 1.54) is 6.33 Å². The molecule has 2 unspecified atom stereocenters. The number of nitrogens with zero attached hydrogens (tertiary/aromatic N) is 4. The smallest absolute Gasteiger partial charge is 0.167 e. The number of aromatic nitrogens is 4. The van der Waals surface area contributed by atoms with Crippen molar-refractivity contribution in [2.45, 2.75) is 56.8 Å². The van der Waals surface area contributed by atoms with Gasteiger partial charge in [-0.3, -0.25) is 4.57 Å². The third kappa shape index (κ3) is 2.70. The fourth-order valence-corrected chi connectivity index (χ4v) is 3.83. The van der Waals surface area contributed by atoms with Crippen LogP contribution < -0.4 is 5.32 Å². The molecule has 1 saturated heterocycles. The van der Waals surface area contributed by atoms with E-state index in [-0.39, 0.29) is 6.04 Å². The fraction of sp³-hybridized carbons (Fsp3) is 0.588. The van der Waals surface area contributed by atoms with Gasteiger partial charge in [0.05, 0.1) is 12.4 Å². The Morgan fingerprint density at radius 3 is 2.84 bits per heavy atom. The molecule has 2 aromatic heterocycles. The van der Waals surface area contributed by atoms with Gasteiger partial charge in [-0.25, -0.2) is 15.0 Å². The minimum Gasteiger partial charge on any atom is -0.388 e. The van der Waals surface area contributed by atoms with Crippen LogP contribution in [0, 0.1) is 5.92 Å². The molecule has 0 bridgehead atoms. The fourth-order valence-electron chi connectivity index (χ4n) is 3.83. The van der Waals surface area contributed by atoms with Gasteiger partial charge in [0.1, 0.15) is 18.5 Å². The van der Waals surface area contributed by atoms with Crippen molar-refractivity contribution in [3.8, 4) is 0 Å². The SMILES string of the molecule is C=CC1CCCC1Nc1ncnc2c1ncn2[C@@H]1O[C@H](C)[C@@H](O)[C@H]1O. The third-order valence-electron chi connectivity index (χ3n) is 5.30. The molecule has 0 aromatic carbocycles. The van der Waals surface area contributed by atoms with Crippen molar-refractivity contribution in [1.82, 2.24) is 19.5 Å². The number of imidazole rings is 1. The number of aliphatic hydroxyl groups is 2. The number of hydrogen-bond donors (Lipinski definition) is 3. The molecular formula is C17H23N5O3. The summed E-state index contributed by atoms with van der Waals surface area (Å²) in [5.41, 5.74) is 1.19. The van der Waals surface area contributed by atoms with E-state index in [1.807, 2.05) is 6.08 Å². The van der Waals surface area contributed by atoms with Crippen molar-refractivity contribution in [1.29, 1.82) is 0 Å². The molecule has 134 valence electrons. The first-order valence-electron chi connectivity index (χ1n) is 8.68. The molecule has 1 saturated carbocycles. The number of hydrogen-bond acceptors (Lipinski definition) is 7. The minimum atomic E-state index is -1.03. The van der Waals surface area contributed by atoms with Gasteiger partial charge in [-0.2, -0.15) is 0 Å². The Morgan fingerprint density at radius 1 is 1.28 bits per heavy atom. The normalized spacial score (nSPS) is 35.3. The lowest BCUT2D eigenvalue weighted by molar-refractivity contribution is -0.0299. The van der Waals surface area contributed by atoms with Gasteiger partial charge in [-0.1, -0.05) is 12.5 Å². The van der Waals surface area contributed by atoms with Crippen LogP contribution >= 0.6 is 0 Å². The monoisotopic (exact) mass is 345 g/mol. The van der Waals surface area contributed by atoms with E-state index in [1.54, 1.807) is 17.8 Å². The second-order valence-corrected chi connectivity index (χ2v) is 6.84. The quantitative estimate of drug-likeness (QED) is 0.716. The van der Waals surface area contributed by atoms with Gasteiger partial charge >= 0.3 is 0 Å². The maximum absolute atomic E-state index is 10.2. The molecule has 3 N–H and O–H groups in total. The molecule has 2 aromatic rings. The predicted octanol–water partition coefficient (Wildman–Crippen LogP) is 1.23. The van der Waals surface area contributed by atoms with Gasteiger partial charge in [0.25, 0.3) is 0 Å². The lowest BCUT2D eigenvalue weighted by Crippen LogP contribution is -2.30. The molecule has 6 atom stereocenters. The van der Waals surface area contributed by atoms with Gasteiger partial charge < -0.3 is 20.3 Å². The Bertz CT molecular complexity index is 779. The molecule has 1 aliphatic carbocycles. The summed E-state index contributed by atoms with van der Waals surface area (Å²) in [5.74, 6) is 1.09. The highest BCUT2D eigenvalue weighted by Gasteiger charge is 2.42. The molecule has 8 nitrogen and oxygen atoms in total. The van der Waals surface area contributed by atoms with Crippen molar-refractivity contribution in [3.05, 3.63) is 25.3 Å². The topological polar surface area (TPSA) is 105 Å². The first-order valence-corrected chi connectivity index (χ1v) is 8.68. The van der Waals surface area contributed by atoms with Crippen LogP contribution in [0.4, 0.5) is 5.82 Å². The molecule has 8 heteroatoms. The number of fused-ring (bicyclic) bond motifs is 1. The number of rotatable bonds is 4.